The van der Waals surface area contributed by atoms with Crippen LogP contribution in [0.1, 0.15) is 53.4 Å². The molecule has 1 aliphatic rings. The van der Waals surface area contributed by atoms with Crippen molar-refractivity contribution in [3.8, 4) is 0 Å². The lowest BCUT2D eigenvalue weighted by Crippen LogP contribution is -2.46. The molecule has 0 aliphatic heterocycles. The van der Waals surface area contributed by atoms with Crippen molar-refractivity contribution in [2.75, 3.05) is 7.05 Å². The molecule has 0 radical (unpaired) electrons. The molecule has 1 saturated carbocycles. The fourth-order valence-electron chi connectivity index (χ4n) is 2.39. The van der Waals surface area contributed by atoms with Crippen LogP contribution in [0.15, 0.2) is 0 Å². The van der Waals surface area contributed by atoms with E-state index in [2.05, 4.69) is 39.6 Å². The Hall–Kier alpha value is -0.0800. The highest BCUT2D eigenvalue weighted by Crippen LogP contribution is 2.29. The number of aliphatic hydroxyl groups is 1. The minimum Gasteiger partial charge on any atom is -0.393 e. The zero-order chi connectivity index (χ0) is 11.6. The molecule has 0 amide bonds. The molecular weight excluding hydrogens is 186 g/mol. The molecule has 90 valence electrons. The van der Waals surface area contributed by atoms with Gasteiger partial charge in [0.25, 0.3) is 0 Å². The quantitative estimate of drug-likeness (QED) is 0.762. The van der Waals surface area contributed by atoms with Crippen molar-refractivity contribution in [2.24, 2.45) is 5.41 Å². The van der Waals surface area contributed by atoms with Gasteiger partial charge in [0, 0.05) is 12.1 Å². The Labute approximate surface area is 94.7 Å². The molecule has 1 atom stereocenters. The number of nitrogens with zero attached hydrogens (tertiary/aromatic N) is 1. The van der Waals surface area contributed by atoms with Crippen molar-refractivity contribution >= 4 is 0 Å². The molecule has 1 N–H and O–H groups in total. The molecule has 0 saturated heterocycles. The molecule has 0 aromatic carbocycles. The number of aliphatic hydroxyl groups excluding tert-OH is 1. The molecular formula is C13H27NO. The van der Waals surface area contributed by atoms with Gasteiger partial charge < -0.3 is 10.0 Å². The first-order valence-electron chi connectivity index (χ1n) is 6.22. The summed E-state index contributed by atoms with van der Waals surface area (Å²) in [6.45, 7) is 9.20. The zero-order valence-electron chi connectivity index (χ0n) is 11.0. The molecule has 0 heterocycles. The van der Waals surface area contributed by atoms with Gasteiger partial charge in [-0.1, -0.05) is 20.8 Å². The first kappa shape index (κ1) is 13.0. The SMILES string of the molecule is CC(N(C)C1CCC(O)CC1)C(C)(C)C. The molecule has 2 nitrogen and oxygen atoms in total. The van der Waals surface area contributed by atoms with Gasteiger partial charge in [-0.2, -0.15) is 0 Å². The molecule has 1 fully saturated rings. The molecule has 0 aromatic heterocycles. The van der Waals surface area contributed by atoms with E-state index in [4.69, 9.17) is 0 Å². The minimum atomic E-state index is -0.0420. The predicted octanol–water partition coefficient (Wildman–Crippen LogP) is 2.66. The topological polar surface area (TPSA) is 23.5 Å². The normalized spacial score (nSPS) is 30.6. The van der Waals surface area contributed by atoms with Gasteiger partial charge in [0.2, 0.25) is 0 Å². The van der Waals surface area contributed by atoms with Crippen LogP contribution in [0.5, 0.6) is 0 Å². The van der Waals surface area contributed by atoms with Crippen LogP contribution in [0.3, 0.4) is 0 Å². The van der Waals surface area contributed by atoms with Gasteiger partial charge in [0.05, 0.1) is 6.10 Å². The van der Waals surface area contributed by atoms with Gasteiger partial charge in [-0.25, -0.2) is 0 Å². The van der Waals surface area contributed by atoms with E-state index in [0.29, 0.717) is 17.5 Å². The Morgan fingerprint density at radius 3 is 2.00 bits per heavy atom. The monoisotopic (exact) mass is 213 g/mol. The average Bonchev–Trinajstić information content (AvgIpc) is 2.15. The standard InChI is InChI=1S/C13H27NO/c1-10(13(2,3)4)14(5)11-6-8-12(15)9-7-11/h10-12,15H,6-9H2,1-5H3. The highest BCUT2D eigenvalue weighted by molar-refractivity contribution is 4.85. The van der Waals surface area contributed by atoms with Crippen LogP contribution in [0.4, 0.5) is 0 Å². The largest absolute Gasteiger partial charge is 0.393 e. The van der Waals surface area contributed by atoms with Crippen LogP contribution in [0.2, 0.25) is 0 Å². The third kappa shape index (κ3) is 3.46. The van der Waals surface area contributed by atoms with E-state index < -0.39 is 0 Å². The number of hydrogen-bond acceptors (Lipinski definition) is 2. The summed E-state index contributed by atoms with van der Waals surface area (Å²) in [5, 5.41) is 9.49. The molecule has 15 heavy (non-hydrogen) atoms. The smallest absolute Gasteiger partial charge is 0.0541 e. The summed E-state index contributed by atoms with van der Waals surface area (Å²) in [5.74, 6) is 0. The molecule has 1 unspecified atom stereocenters. The van der Waals surface area contributed by atoms with Gasteiger partial charge in [-0.05, 0) is 45.1 Å². The fourth-order valence-corrected chi connectivity index (χ4v) is 2.39. The summed E-state index contributed by atoms with van der Waals surface area (Å²) in [6, 6.07) is 1.26. The summed E-state index contributed by atoms with van der Waals surface area (Å²) < 4.78 is 0. The second-order valence-corrected chi connectivity index (χ2v) is 6.17. The minimum absolute atomic E-state index is 0.0420. The van der Waals surface area contributed by atoms with Crippen LogP contribution in [-0.4, -0.2) is 35.2 Å². The van der Waals surface area contributed by atoms with Crippen LogP contribution >= 0.6 is 0 Å². The van der Waals surface area contributed by atoms with E-state index in [9.17, 15) is 5.11 Å². The van der Waals surface area contributed by atoms with Gasteiger partial charge in [-0.3, -0.25) is 0 Å². The van der Waals surface area contributed by atoms with Gasteiger partial charge in [0.15, 0.2) is 0 Å². The Morgan fingerprint density at radius 1 is 1.13 bits per heavy atom. The summed E-state index contributed by atoms with van der Waals surface area (Å²) in [6.07, 6.45) is 4.22. The van der Waals surface area contributed by atoms with E-state index in [-0.39, 0.29) is 6.10 Å². The lowest BCUT2D eigenvalue weighted by atomic mass is 9.84. The Morgan fingerprint density at radius 2 is 1.60 bits per heavy atom. The van der Waals surface area contributed by atoms with E-state index >= 15 is 0 Å². The first-order valence-corrected chi connectivity index (χ1v) is 6.22. The summed E-state index contributed by atoms with van der Waals surface area (Å²) in [4.78, 5) is 2.51. The zero-order valence-corrected chi connectivity index (χ0v) is 11.0. The predicted molar refractivity (Wildman–Crippen MR) is 64.9 cm³/mol. The maximum Gasteiger partial charge on any atom is 0.0541 e. The Bertz CT molecular complexity index is 189. The average molecular weight is 213 g/mol. The van der Waals surface area contributed by atoms with E-state index in [1.807, 2.05) is 0 Å². The van der Waals surface area contributed by atoms with E-state index in [0.717, 1.165) is 25.7 Å². The molecule has 2 heteroatoms. The highest BCUT2D eigenvalue weighted by Gasteiger charge is 2.30. The van der Waals surface area contributed by atoms with Crippen molar-refractivity contribution in [2.45, 2.75) is 71.6 Å². The highest BCUT2D eigenvalue weighted by atomic mass is 16.3. The van der Waals surface area contributed by atoms with Crippen LogP contribution in [0, 0.1) is 5.41 Å². The molecule has 0 spiro atoms. The third-order valence-electron chi connectivity index (χ3n) is 4.11. The fraction of sp³-hybridized carbons (Fsp3) is 1.00. The summed E-state index contributed by atoms with van der Waals surface area (Å²) >= 11 is 0. The lowest BCUT2D eigenvalue weighted by molar-refractivity contribution is 0.0416. The molecule has 0 aromatic rings. The van der Waals surface area contributed by atoms with Crippen molar-refractivity contribution in [3.05, 3.63) is 0 Å². The van der Waals surface area contributed by atoms with Gasteiger partial charge >= 0.3 is 0 Å². The van der Waals surface area contributed by atoms with E-state index in [1.165, 1.54) is 0 Å². The van der Waals surface area contributed by atoms with Crippen molar-refractivity contribution in [1.29, 1.82) is 0 Å². The van der Waals surface area contributed by atoms with E-state index in [1.54, 1.807) is 0 Å². The maximum absolute atomic E-state index is 9.49. The molecule has 1 rings (SSSR count). The summed E-state index contributed by atoms with van der Waals surface area (Å²) in [5.41, 5.74) is 0.338. The maximum atomic E-state index is 9.49. The van der Waals surface area contributed by atoms with Crippen molar-refractivity contribution in [1.82, 2.24) is 4.90 Å². The van der Waals surface area contributed by atoms with Crippen molar-refractivity contribution < 1.29 is 5.11 Å². The second-order valence-electron chi connectivity index (χ2n) is 6.17. The third-order valence-corrected chi connectivity index (χ3v) is 4.11. The van der Waals surface area contributed by atoms with Crippen LogP contribution in [0.25, 0.3) is 0 Å². The van der Waals surface area contributed by atoms with Crippen LogP contribution < -0.4 is 0 Å². The summed E-state index contributed by atoms with van der Waals surface area (Å²) in [7, 11) is 2.23. The molecule has 1 aliphatic carbocycles. The van der Waals surface area contributed by atoms with Crippen LogP contribution in [-0.2, 0) is 0 Å². The number of rotatable bonds is 2. The first-order chi connectivity index (χ1) is 6.82. The number of hydrogen-bond donors (Lipinski definition) is 1. The Balaban J connectivity index is 2.50. The Kier molecular flexibility index (Phi) is 4.19. The van der Waals surface area contributed by atoms with Gasteiger partial charge in [0.1, 0.15) is 0 Å². The second kappa shape index (κ2) is 4.84. The lowest BCUT2D eigenvalue weighted by Gasteiger charge is -2.42. The molecule has 0 bridgehead atoms. The van der Waals surface area contributed by atoms with Gasteiger partial charge in [-0.15, -0.1) is 0 Å². The van der Waals surface area contributed by atoms with Crippen molar-refractivity contribution in [3.63, 3.8) is 0 Å².